The van der Waals surface area contributed by atoms with Gasteiger partial charge in [0.05, 0.1) is 24.4 Å². The van der Waals surface area contributed by atoms with E-state index in [4.69, 9.17) is 14.2 Å². The highest BCUT2D eigenvalue weighted by Crippen LogP contribution is 2.36. The van der Waals surface area contributed by atoms with Gasteiger partial charge in [-0.05, 0) is 32.4 Å². The molecule has 0 spiro atoms. The molecule has 2 heterocycles. The third kappa shape index (κ3) is 5.34. The summed E-state index contributed by atoms with van der Waals surface area (Å²) in [5, 5.41) is 4.17. The molecule has 1 aliphatic heterocycles. The van der Waals surface area contributed by atoms with Crippen molar-refractivity contribution in [2.75, 3.05) is 26.7 Å². The molecule has 33 heavy (non-hydrogen) atoms. The molecule has 1 fully saturated rings. The maximum absolute atomic E-state index is 12.9. The van der Waals surface area contributed by atoms with Crippen LogP contribution in [0.4, 0.5) is 4.79 Å². The number of aromatic nitrogens is 2. The van der Waals surface area contributed by atoms with Crippen LogP contribution >= 0.6 is 0 Å². The van der Waals surface area contributed by atoms with Gasteiger partial charge in [0, 0.05) is 31.1 Å². The fourth-order valence-corrected chi connectivity index (χ4v) is 3.84. The van der Waals surface area contributed by atoms with Crippen molar-refractivity contribution in [3.05, 3.63) is 60.0 Å². The molecule has 8 nitrogen and oxygen atoms in total. The van der Waals surface area contributed by atoms with E-state index < -0.39 is 5.60 Å². The molecule has 1 aromatic heterocycles. The SMILES string of the molecule is COc1cc2c(C3CNCCN3C(=O)OC(C)(C)C)ncnc2cc1OCc1ccccc1. The fourth-order valence-electron chi connectivity index (χ4n) is 3.84. The van der Waals surface area contributed by atoms with Gasteiger partial charge < -0.3 is 19.5 Å². The van der Waals surface area contributed by atoms with Gasteiger partial charge in [0.1, 0.15) is 18.5 Å². The standard InChI is InChI=1S/C25H30N4O4/c1-25(2,3)33-24(30)29-11-10-26-14-20(29)23-18-12-21(31-4)22(13-19(18)27-16-28-23)32-15-17-8-6-5-7-9-17/h5-9,12-13,16,20,26H,10-11,14-15H2,1-4H3. The minimum absolute atomic E-state index is 0.292. The van der Waals surface area contributed by atoms with E-state index >= 15 is 0 Å². The van der Waals surface area contributed by atoms with Crippen molar-refractivity contribution in [1.29, 1.82) is 0 Å². The predicted octanol–water partition coefficient (Wildman–Crippen LogP) is 4.10. The summed E-state index contributed by atoms with van der Waals surface area (Å²) in [5.74, 6) is 1.19. The zero-order valence-corrected chi connectivity index (χ0v) is 19.5. The highest BCUT2D eigenvalue weighted by molar-refractivity contribution is 5.85. The first-order chi connectivity index (χ1) is 15.9. The van der Waals surface area contributed by atoms with Crippen LogP contribution in [0.3, 0.4) is 0 Å². The number of amides is 1. The Balaban J connectivity index is 1.67. The lowest BCUT2D eigenvalue weighted by atomic mass is 10.0. The van der Waals surface area contributed by atoms with Crippen LogP contribution in [0.15, 0.2) is 48.8 Å². The summed E-state index contributed by atoms with van der Waals surface area (Å²) in [4.78, 5) is 23.7. The van der Waals surface area contributed by atoms with Crippen LogP contribution in [-0.2, 0) is 11.3 Å². The van der Waals surface area contributed by atoms with Crippen molar-refractivity contribution >= 4 is 17.0 Å². The molecule has 4 rings (SSSR count). The van der Waals surface area contributed by atoms with Crippen LogP contribution in [0.1, 0.15) is 38.1 Å². The monoisotopic (exact) mass is 450 g/mol. The molecule has 0 radical (unpaired) electrons. The van der Waals surface area contributed by atoms with Gasteiger partial charge in [-0.15, -0.1) is 0 Å². The van der Waals surface area contributed by atoms with E-state index in [9.17, 15) is 4.79 Å². The number of rotatable bonds is 5. The quantitative estimate of drug-likeness (QED) is 0.626. The number of methoxy groups -OCH3 is 1. The highest BCUT2D eigenvalue weighted by atomic mass is 16.6. The largest absolute Gasteiger partial charge is 0.493 e. The second kappa shape index (κ2) is 9.62. The van der Waals surface area contributed by atoms with Crippen molar-refractivity contribution in [2.24, 2.45) is 0 Å². The van der Waals surface area contributed by atoms with Gasteiger partial charge in [-0.1, -0.05) is 30.3 Å². The van der Waals surface area contributed by atoms with Crippen molar-refractivity contribution in [3.8, 4) is 11.5 Å². The number of hydrogen-bond acceptors (Lipinski definition) is 7. The van der Waals surface area contributed by atoms with Crippen molar-refractivity contribution in [1.82, 2.24) is 20.2 Å². The van der Waals surface area contributed by atoms with Gasteiger partial charge >= 0.3 is 6.09 Å². The lowest BCUT2D eigenvalue weighted by molar-refractivity contribution is 0.0115. The predicted molar refractivity (Wildman–Crippen MR) is 125 cm³/mol. The molecule has 1 aliphatic rings. The molecule has 174 valence electrons. The van der Waals surface area contributed by atoms with Gasteiger partial charge in [0.15, 0.2) is 11.5 Å². The number of nitrogens with one attached hydrogen (secondary N) is 1. The van der Waals surface area contributed by atoms with Crippen molar-refractivity contribution in [3.63, 3.8) is 0 Å². The lowest BCUT2D eigenvalue weighted by Gasteiger charge is -2.37. The highest BCUT2D eigenvalue weighted by Gasteiger charge is 2.33. The average molecular weight is 451 g/mol. The first-order valence-electron chi connectivity index (χ1n) is 11.1. The second-order valence-electron chi connectivity index (χ2n) is 8.95. The van der Waals surface area contributed by atoms with Gasteiger partial charge in [0.25, 0.3) is 0 Å². The van der Waals surface area contributed by atoms with Gasteiger partial charge in [-0.2, -0.15) is 0 Å². The van der Waals surface area contributed by atoms with E-state index in [2.05, 4.69) is 15.3 Å². The molecule has 1 N–H and O–H groups in total. The van der Waals surface area contributed by atoms with E-state index in [1.807, 2.05) is 63.2 Å². The Labute approximate surface area is 193 Å². The zero-order chi connectivity index (χ0) is 23.4. The molecule has 2 aromatic carbocycles. The van der Waals surface area contributed by atoms with Crippen LogP contribution in [0.5, 0.6) is 11.5 Å². The van der Waals surface area contributed by atoms with Crippen LogP contribution < -0.4 is 14.8 Å². The molecular weight excluding hydrogens is 420 g/mol. The summed E-state index contributed by atoms with van der Waals surface area (Å²) in [5.41, 5.74) is 1.95. The Morgan fingerprint density at radius 2 is 1.94 bits per heavy atom. The molecule has 0 bridgehead atoms. The molecule has 1 saturated heterocycles. The molecular formula is C25H30N4O4. The number of carbonyl (C=O) groups is 1. The number of ether oxygens (including phenoxy) is 3. The molecule has 1 amide bonds. The topological polar surface area (TPSA) is 85.8 Å². The fraction of sp³-hybridized carbons (Fsp3) is 0.400. The summed E-state index contributed by atoms with van der Waals surface area (Å²) in [6, 6.07) is 13.4. The second-order valence-corrected chi connectivity index (χ2v) is 8.95. The third-order valence-electron chi connectivity index (χ3n) is 5.38. The van der Waals surface area contributed by atoms with E-state index in [0.29, 0.717) is 37.7 Å². The molecule has 1 unspecified atom stereocenters. The normalized spacial score (nSPS) is 16.5. The Morgan fingerprint density at radius 1 is 1.15 bits per heavy atom. The zero-order valence-electron chi connectivity index (χ0n) is 19.5. The van der Waals surface area contributed by atoms with Gasteiger partial charge in [0.2, 0.25) is 0 Å². The lowest BCUT2D eigenvalue weighted by Crippen LogP contribution is -2.50. The molecule has 1 atom stereocenters. The molecule has 3 aromatic rings. The maximum Gasteiger partial charge on any atom is 0.410 e. The summed E-state index contributed by atoms with van der Waals surface area (Å²) < 4.78 is 17.3. The van der Waals surface area contributed by atoms with Crippen LogP contribution in [-0.4, -0.2) is 53.3 Å². The van der Waals surface area contributed by atoms with E-state index in [1.165, 1.54) is 6.33 Å². The summed E-state index contributed by atoms with van der Waals surface area (Å²) in [6.07, 6.45) is 1.17. The number of hydrogen-bond donors (Lipinski definition) is 1. The number of fused-ring (bicyclic) bond motifs is 1. The summed E-state index contributed by atoms with van der Waals surface area (Å²) >= 11 is 0. The van der Waals surface area contributed by atoms with E-state index in [-0.39, 0.29) is 12.1 Å². The Bertz CT molecular complexity index is 1110. The van der Waals surface area contributed by atoms with Crippen molar-refractivity contribution < 1.29 is 19.0 Å². The number of nitrogens with zero attached hydrogens (tertiary/aromatic N) is 3. The van der Waals surface area contributed by atoms with Crippen LogP contribution in [0.25, 0.3) is 10.9 Å². The van der Waals surface area contributed by atoms with Gasteiger partial charge in [-0.25, -0.2) is 14.8 Å². The maximum atomic E-state index is 12.9. The smallest absolute Gasteiger partial charge is 0.410 e. The Morgan fingerprint density at radius 3 is 2.67 bits per heavy atom. The van der Waals surface area contributed by atoms with Gasteiger partial charge in [-0.3, -0.25) is 4.90 Å². The Kier molecular flexibility index (Phi) is 6.65. The minimum Gasteiger partial charge on any atom is -0.493 e. The number of benzene rings is 2. The first-order valence-corrected chi connectivity index (χ1v) is 11.1. The van der Waals surface area contributed by atoms with Crippen molar-refractivity contribution in [2.45, 2.75) is 39.0 Å². The number of carbonyl (C=O) groups excluding carboxylic acids is 1. The van der Waals surface area contributed by atoms with E-state index in [0.717, 1.165) is 22.2 Å². The third-order valence-corrected chi connectivity index (χ3v) is 5.38. The van der Waals surface area contributed by atoms with Crippen LogP contribution in [0, 0.1) is 0 Å². The summed E-state index contributed by atoms with van der Waals surface area (Å²) in [7, 11) is 1.61. The minimum atomic E-state index is -0.575. The Hall–Kier alpha value is -3.39. The molecule has 8 heteroatoms. The average Bonchev–Trinajstić information content (AvgIpc) is 2.81. The molecule has 0 aliphatic carbocycles. The van der Waals surface area contributed by atoms with Crippen LogP contribution in [0.2, 0.25) is 0 Å². The summed E-state index contributed by atoms with van der Waals surface area (Å²) in [6.45, 7) is 7.80. The molecule has 0 saturated carbocycles. The van der Waals surface area contributed by atoms with E-state index in [1.54, 1.807) is 12.0 Å². The number of piperazine rings is 1. The first kappa shape index (κ1) is 22.8.